The van der Waals surface area contributed by atoms with Gasteiger partial charge in [-0.15, -0.1) is 0 Å². The summed E-state index contributed by atoms with van der Waals surface area (Å²) in [6.45, 7) is 8.74. The molecule has 0 unspecified atom stereocenters. The summed E-state index contributed by atoms with van der Waals surface area (Å²) in [5.74, 6) is 1.04. The van der Waals surface area contributed by atoms with Crippen LogP contribution in [0, 0.1) is 0 Å². The lowest BCUT2D eigenvalue weighted by molar-refractivity contribution is 0.454. The van der Waals surface area contributed by atoms with Crippen LogP contribution in [0.2, 0.25) is 0 Å². The average molecular weight is 423 g/mol. The first-order valence-electron chi connectivity index (χ1n) is 12.7. The molecule has 31 heavy (non-hydrogen) atoms. The van der Waals surface area contributed by atoms with Gasteiger partial charge in [0, 0.05) is 5.41 Å². The highest BCUT2D eigenvalue weighted by Gasteiger charge is 2.39. The molecule has 0 spiro atoms. The zero-order valence-electron chi connectivity index (χ0n) is 20.2. The van der Waals surface area contributed by atoms with Crippen molar-refractivity contribution in [1.29, 1.82) is 0 Å². The van der Waals surface area contributed by atoms with Crippen LogP contribution in [0.4, 0.5) is 0 Å². The van der Waals surface area contributed by atoms with E-state index in [1.807, 2.05) is 0 Å². The first-order chi connectivity index (χ1) is 15.0. The van der Waals surface area contributed by atoms with Gasteiger partial charge in [0.25, 0.3) is 0 Å². The first-order valence-corrected chi connectivity index (χ1v) is 12.7. The van der Waals surface area contributed by atoms with Gasteiger partial charge in [0.2, 0.25) is 0 Å². The fourth-order valence-electron chi connectivity index (χ4n) is 5.63. The molecule has 0 radical (unpaired) electrons. The Labute approximate surface area is 189 Å². The summed E-state index contributed by atoms with van der Waals surface area (Å²) in [7, 11) is 0. The number of aromatic hydroxyl groups is 2. The predicted molar refractivity (Wildman–Crippen MR) is 131 cm³/mol. The molecule has 2 N–H and O–H groups in total. The number of phenolic OH excluding ortho intramolecular Hbond substituents is 2. The van der Waals surface area contributed by atoms with Crippen molar-refractivity contribution in [2.24, 2.45) is 0 Å². The zero-order valence-corrected chi connectivity index (χ0v) is 20.2. The van der Waals surface area contributed by atoms with E-state index >= 15 is 0 Å². The van der Waals surface area contributed by atoms with Gasteiger partial charge in [-0.3, -0.25) is 0 Å². The smallest absolute Gasteiger partial charge is 0.121 e. The molecule has 0 amide bonds. The van der Waals surface area contributed by atoms with Crippen molar-refractivity contribution >= 4 is 0 Å². The van der Waals surface area contributed by atoms with Crippen molar-refractivity contribution in [2.75, 3.05) is 0 Å². The van der Waals surface area contributed by atoms with Crippen LogP contribution in [0.5, 0.6) is 11.5 Å². The Kier molecular flexibility index (Phi) is 8.08. The zero-order chi connectivity index (χ0) is 22.4. The number of aryl methyl sites for hydroxylation is 4. The molecule has 1 fully saturated rings. The third kappa shape index (κ3) is 4.78. The second kappa shape index (κ2) is 10.6. The molecule has 0 bridgehead atoms. The second-order valence-electron chi connectivity index (χ2n) is 9.58. The minimum absolute atomic E-state index is 0.00261. The van der Waals surface area contributed by atoms with E-state index in [1.54, 1.807) is 0 Å². The van der Waals surface area contributed by atoms with Gasteiger partial charge in [-0.1, -0.05) is 90.5 Å². The van der Waals surface area contributed by atoms with Crippen molar-refractivity contribution < 1.29 is 10.2 Å². The lowest BCUT2D eigenvalue weighted by atomic mass is 9.71. The van der Waals surface area contributed by atoms with Crippen molar-refractivity contribution in [3.63, 3.8) is 0 Å². The maximum atomic E-state index is 10.9. The van der Waals surface area contributed by atoms with Gasteiger partial charge >= 0.3 is 0 Å². The van der Waals surface area contributed by atoms with Crippen LogP contribution in [0.25, 0.3) is 0 Å². The molecule has 0 aromatic heterocycles. The van der Waals surface area contributed by atoms with E-state index < -0.39 is 0 Å². The Bertz CT molecular complexity index is 753. The van der Waals surface area contributed by atoms with Gasteiger partial charge in [0.15, 0.2) is 0 Å². The molecule has 0 saturated heterocycles. The van der Waals surface area contributed by atoms with Crippen molar-refractivity contribution in [3.05, 3.63) is 57.6 Å². The van der Waals surface area contributed by atoms with E-state index in [0.29, 0.717) is 11.5 Å². The number of hydrogen-bond donors (Lipinski definition) is 2. The molecule has 0 aliphatic heterocycles. The highest BCUT2D eigenvalue weighted by atomic mass is 16.3. The summed E-state index contributed by atoms with van der Waals surface area (Å²) in [6, 6.07) is 9.20. The Morgan fingerprint density at radius 2 is 0.871 bits per heavy atom. The number of rotatable bonds is 10. The molecular formula is C29H42O2. The van der Waals surface area contributed by atoms with E-state index in [9.17, 15) is 10.2 Å². The van der Waals surface area contributed by atoms with Crippen LogP contribution in [0.3, 0.4) is 0 Å². The molecule has 3 rings (SSSR count). The Morgan fingerprint density at radius 1 is 0.581 bits per heavy atom. The van der Waals surface area contributed by atoms with E-state index in [0.717, 1.165) is 86.5 Å². The molecule has 2 heteroatoms. The van der Waals surface area contributed by atoms with E-state index in [-0.39, 0.29) is 5.41 Å². The summed E-state index contributed by atoms with van der Waals surface area (Å²) < 4.78 is 0. The fourth-order valence-corrected chi connectivity index (χ4v) is 5.63. The molecule has 2 aromatic rings. The maximum absolute atomic E-state index is 10.9. The predicted octanol–water partition coefficient (Wildman–Crippen LogP) is 7.77. The van der Waals surface area contributed by atoms with Crippen LogP contribution in [0.15, 0.2) is 24.3 Å². The lowest BCUT2D eigenvalue weighted by Crippen LogP contribution is -2.25. The summed E-state index contributed by atoms with van der Waals surface area (Å²) in [4.78, 5) is 0. The maximum Gasteiger partial charge on any atom is 0.121 e. The molecule has 1 aliphatic rings. The van der Waals surface area contributed by atoms with Gasteiger partial charge in [0.1, 0.15) is 11.5 Å². The Hall–Kier alpha value is -1.96. The summed E-state index contributed by atoms with van der Waals surface area (Å²) in [6.07, 6.45) is 12.6. The largest absolute Gasteiger partial charge is 0.507 e. The number of benzene rings is 2. The molecule has 170 valence electrons. The average Bonchev–Trinajstić information content (AvgIpc) is 3.25. The second-order valence-corrected chi connectivity index (χ2v) is 9.58. The summed E-state index contributed by atoms with van der Waals surface area (Å²) >= 11 is 0. The van der Waals surface area contributed by atoms with Crippen molar-refractivity contribution in [2.45, 2.75) is 110 Å². The molecule has 0 atom stereocenters. The minimum atomic E-state index is -0.00261. The van der Waals surface area contributed by atoms with Crippen LogP contribution >= 0.6 is 0 Å². The third-order valence-electron chi connectivity index (χ3n) is 7.18. The van der Waals surface area contributed by atoms with E-state index in [1.165, 1.54) is 24.0 Å². The normalized spacial score (nSPS) is 15.5. The van der Waals surface area contributed by atoms with Gasteiger partial charge in [0.05, 0.1) is 0 Å². The highest BCUT2D eigenvalue weighted by molar-refractivity contribution is 5.53. The van der Waals surface area contributed by atoms with E-state index in [2.05, 4.69) is 52.0 Å². The van der Waals surface area contributed by atoms with Crippen LogP contribution in [-0.2, 0) is 31.1 Å². The van der Waals surface area contributed by atoms with Crippen LogP contribution in [0.1, 0.15) is 112 Å². The molecule has 0 heterocycles. The number of phenols is 2. The monoisotopic (exact) mass is 422 g/mol. The molecule has 1 saturated carbocycles. The SMILES string of the molecule is CCCc1cc(C2(c3cc(CCC)c(O)c(CCC)c3)CCCC2)cc(CCC)c1O. The van der Waals surface area contributed by atoms with E-state index in [4.69, 9.17) is 0 Å². The van der Waals surface area contributed by atoms with Crippen molar-refractivity contribution in [1.82, 2.24) is 0 Å². The topological polar surface area (TPSA) is 40.5 Å². The Morgan fingerprint density at radius 3 is 1.13 bits per heavy atom. The minimum Gasteiger partial charge on any atom is -0.507 e. The molecular weight excluding hydrogens is 380 g/mol. The highest BCUT2D eigenvalue weighted by Crippen LogP contribution is 2.49. The standard InChI is InChI=1S/C29H42O2/c1-5-11-21-17-25(18-22(12-6-2)27(21)30)29(15-9-10-16-29)26-19-23(13-7-3)28(31)24(20-26)14-8-4/h17-20,30-31H,5-16H2,1-4H3. The first kappa shape index (κ1) is 23.7. The van der Waals surface area contributed by atoms with Gasteiger partial charge < -0.3 is 10.2 Å². The molecule has 2 aromatic carbocycles. The van der Waals surface area contributed by atoms with Crippen molar-refractivity contribution in [3.8, 4) is 11.5 Å². The van der Waals surface area contributed by atoms with Crippen LogP contribution in [-0.4, -0.2) is 10.2 Å². The summed E-state index contributed by atoms with van der Waals surface area (Å²) in [5, 5.41) is 21.8. The van der Waals surface area contributed by atoms with Gasteiger partial charge in [-0.25, -0.2) is 0 Å². The van der Waals surface area contributed by atoms with Crippen LogP contribution < -0.4 is 0 Å². The number of hydrogen-bond acceptors (Lipinski definition) is 2. The summed E-state index contributed by atoms with van der Waals surface area (Å²) in [5.41, 5.74) is 7.19. The molecule has 2 nitrogen and oxygen atoms in total. The van der Waals surface area contributed by atoms with Gasteiger partial charge in [-0.2, -0.15) is 0 Å². The van der Waals surface area contributed by atoms with Gasteiger partial charge in [-0.05, 0) is 71.9 Å². The lowest BCUT2D eigenvalue weighted by Gasteiger charge is -2.33. The molecule has 1 aliphatic carbocycles. The Balaban J connectivity index is 2.22. The fraction of sp³-hybridized carbons (Fsp3) is 0.586. The quantitative estimate of drug-likeness (QED) is 0.410. The third-order valence-corrected chi connectivity index (χ3v) is 7.18.